The molecule has 4 rings (SSSR count). The van der Waals surface area contributed by atoms with Crippen molar-refractivity contribution in [2.24, 2.45) is 0 Å². The maximum Gasteiger partial charge on any atom is 0.232 e. The maximum absolute atomic E-state index is 13.1. The van der Waals surface area contributed by atoms with Crippen LogP contribution >= 0.6 is 0 Å². The molecule has 7 heteroatoms. The second-order valence-corrected chi connectivity index (χ2v) is 9.96. The summed E-state index contributed by atoms with van der Waals surface area (Å²) in [5, 5.41) is 0. The first-order chi connectivity index (χ1) is 14.2. The van der Waals surface area contributed by atoms with Crippen LogP contribution < -0.4 is 4.31 Å². The number of anilines is 1. The number of ketones is 1. The Morgan fingerprint density at radius 1 is 1.17 bits per heavy atom. The van der Waals surface area contributed by atoms with Crippen molar-refractivity contribution in [1.82, 2.24) is 4.90 Å². The number of hydrogen-bond donors (Lipinski definition) is 0. The van der Waals surface area contributed by atoms with Crippen molar-refractivity contribution in [1.29, 1.82) is 0 Å². The van der Waals surface area contributed by atoms with E-state index in [1.807, 2.05) is 13.0 Å². The van der Waals surface area contributed by atoms with Crippen LogP contribution in [0.25, 0.3) is 5.57 Å². The van der Waals surface area contributed by atoms with Crippen molar-refractivity contribution >= 4 is 27.1 Å². The van der Waals surface area contributed by atoms with Gasteiger partial charge in [-0.2, -0.15) is 0 Å². The van der Waals surface area contributed by atoms with E-state index >= 15 is 0 Å². The van der Waals surface area contributed by atoms with E-state index in [0.29, 0.717) is 30.8 Å². The highest BCUT2D eigenvalue weighted by Gasteiger charge is 2.32. The van der Waals surface area contributed by atoms with Crippen LogP contribution in [0.5, 0.6) is 0 Å². The number of hydrogen-bond acceptors (Lipinski definition) is 4. The van der Waals surface area contributed by atoms with Crippen LogP contribution in [0.15, 0.2) is 48.5 Å². The summed E-state index contributed by atoms with van der Waals surface area (Å²) in [6, 6.07) is 11.7. The van der Waals surface area contributed by atoms with Gasteiger partial charge in [0, 0.05) is 24.7 Å². The highest BCUT2D eigenvalue weighted by Crippen LogP contribution is 2.35. The van der Waals surface area contributed by atoms with E-state index in [2.05, 4.69) is 11.0 Å². The second-order valence-electron chi connectivity index (χ2n) is 8.10. The maximum atomic E-state index is 13.1. The molecule has 0 saturated carbocycles. The molecule has 1 atom stereocenters. The zero-order chi connectivity index (χ0) is 21.5. The fourth-order valence-electron chi connectivity index (χ4n) is 4.36. The van der Waals surface area contributed by atoms with Crippen molar-refractivity contribution in [3.8, 4) is 0 Å². The zero-order valence-electron chi connectivity index (χ0n) is 17.1. The topological polar surface area (TPSA) is 57.7 Å². The molecule has 2 aliphatic rings. The molecule has 0 N–H and O–H groups in total. The van der Waals surface area contributed by atoms with Crippen molar-refractivity contribution in [3.05, 3.63) is 71.0 Å². The lowest BCUT2D eigenvalue weighted by atomic mass is 9.99. The van der Waals surface area contributed by atoms with Crippen LogP contribution in [-0.2, 0) is 16.4 Å². The number of fused-ring (bicyclic) bond motifs is 1. The van der Waals surface area contributed by atoms with E-state index in [1.54, 1.807) is 24.3 Å². The van der Waals surface area contributed by atoms with E-state index in [9.17, 15) is 17.6 Å². The van der Waals surface area contributed by atoms with Gasteiger partial charge in [-0.15, -0.1) is 0 Å². The quantitative estimate of drug-likeness (QED) is 0.684. The van der Waals surface area contributed by atoms with E-state index in [-0.39, 0.29) is 17.6 Å². The molecule has 0 radical (unpaired) electrons. The lowest BCUT2D eigenvalue weighted by Gasteiger charge is -2.26. The molecule has 2 heterocycles. The van der Waals surface area contributed by atoms with Crippen LogP contribution in [0.4, 0.5) is 10.1 Å². The van der Waals surface area contributed by atoms with Crippen LogP contribution in [-0.4, -0.2) is 51.0 Å². The number of nitrogens with zero attached hydrogens (tertiary/aromatic N) is 2. The standard InChI is InChI=1S/C23H25FN2O3S/c1-16-13-20-14-19(5-8-22(20)26(16)30(2,28)29)23(27)15-25-11-9-18(10-12-25)17-3-6-21(24)7-4-17/h3-9,14,16H,10-13,15H2,1-2H3. The smallest absolute Gasteiger partial charge is 0.232 e. The highest BCUT2D eigenvalue weighted by atomic mass is 32.2. The number of carbonyl (C=O) groups is 1. The molecular formula is C23H25FN2O3S. The van der Waals surface area contributed by atoms with Gasteiger partial charge < -0.3 is 0 Å². The molecule has 0 aromatic heterocycles. The molecule has 0 bridgehead atoms. The van der Waals surface area contributed by atoms with E-state index in [4.69, 9.17) is 0 Å². The van der Waals surface area contributed by atoms with Gasteiger partial charge in [0.1, 0.15) is 5.82 Å². The van der Waals surface area contributed by atoms with Gasteiger partial charge >= 0.3 is 0 Å². The van der Waals surface area contributed by atoms with Gasteiger partial charge in [-0.05, 0) is 66.8 Å². The molecule has 2 aromatic carbocycles. The Labute approximate surface area is 176 Å². The molecule has 0 spiro atoms. The summed E-state index contributed by atoms with van der Waals surface area (Å²) in [6.45, 7) is 3.62. The van der Waals surface area contributed by atoms with E-state index < -0.39 is 10.0 Å². The molecule has 0 amide bonds. The van der Waals surface area contributed by atoms with Gasteiger partial charge in [-0.1, -0.05) is 18.2 Å². The van der Waals surface area contributed by atoms with Gasteiger partial charge in [0.25, 0.3) is 0 Å². The van der Waals surface area contributed by atoms with Gasteiger partial charge in [-0.25, -0.2) is 12.8 Å². The van der Waals surface area contributed by atoms with Crippen LogP contribution in [0.3, 0.4) is 0 Å². The Morgan fingerprint density at radius 3 is 2.53 bits per heavy atom. The molecule has 2 aliphatic heterocycles. The average Bonchev–Trinajstić information content (AvgIpc) is 3.04. The highest BCUT2D eigenvalue weighted by molar-refractivity contribution is 7.92. The number of halogens is 1. The largest absolute Gasteiger partial charge is 0.293 e. The van der Waals surface area contributed by atoms with Gasteiger partial charge in [-0.3, -0.25) is 14.0 Å². The molecule has 0 saturated heterocycles. The summed E-state index contributed by atoms with van der Waals surface area (Å²) in [5.41, 5.74) is 4.38. The third kappa shape index (κ3) is 4.18. The Balaban J connectivity index is 1.43. The average molecular weight is 429 g/mol. The van der Waals surface area contributed by atoms with Crippen molar-refractivity contribution in [2.75, 3.05) is 30.2 Å². The minimum atomic E-state index is -3.34. The lowest BCUT2D eigenvalue weighted by Crippen LogP contribution is -2.34. The minimum Gasteiger partial charge on any atom is -0.293 e. The first kappa shape index (κ1) is 20.8. The fraction of sp³-hybridized carbons (Fsp3) is 0.348. The number of sulfonamides is 1. The molecule has 158 valence electrons. The SMILES string of the molecule is CC1Cc2cc(C(=O)CN3CC=C(c4ccc(F)cc4)CC3)ccc2N1S(C)(=O)=O. The normalized spacial score (nSPS) is 19.5. The van der Waals surface area contributed by atoms with E-state index in [0.717, 1.165) is 24.1 Å². The van der Waals surface area contributed by atoms with Gasteiger partial charge in [0.05, 0.1) is 18.5 Å². The first-order valence-corrected chi connectivity index (χ1v) is 11.9. The number of benzene rings is 2. The summed E-state index contributed by atoms with van der Waals surface area (Å²) < 4.78 is 38.7. The number of rotatable bonds is 5. The first-order valence-electron chi connectivity index (χ1n) is 10.1. The molecule has 2 aromatic rings. The molecule has 1 unspecified atom stereocenters. The van der Waals surface area contributed by atoms with Crippen molar-refractivity contribution in [2.45, 2.75) is 25.8 Å². The van der Waals surface area contributed by atoms with Crippen LogP contribution in [0.1, 0.15) is 34.8 Å². The molecule has 30 heavy (non-hydrogen) atoms. The Morgan fingerprint density at radius 2 is 1.90 bits per heavy atom. The summed E-state index contributed by atoms with van der Waals surface area (Å²) in [6.07, 6.45) is 4.72. The van der Waals surface area contributed by atoms with Gasteiger partial charge in [0.2, 0.25) is 10.0 Å². The Kier molecular flexibility index (Phi) is 5.51. The second kappa shape index (κ2) is 7.96. The predicted octanol–water partition coefficient (Wildman–Crippen LogP) is 3.51. The van der Waals surface area contributed by atoms with Crippen LogP contribution in [0.2, 0.25) is 0 Å². The van der Waals surface area contributed by atoms with Gasteiger partial charge in [0.15, 0.2) is 5.78 Å². The third-order valence-corrected chi connectivity index (χ3v) is 7.06. The van der Waals surface area contributed by atoms with Crippen molar-refractivity contribution in [3.63, 3.8) is 0 Å². The molecule has 0 aliphatic carbocycles. The molecular weight excluding hydrogens is 403 g/mol. The summed E-state index contributed by atoms with van der Waals surface area (Å²) >= 11 is 0. The number of carbonyl (C=O) groups excluding carboxylic acids is 1. The summed E-state index contributed by atoms with van der Waals surface area (Å²) in [5.74, 6) is -0.215. The Bertz CT molecular complexity index is 1110. The predicted molar refractivity (Wildman–Crippen MR) is 117 cm³/mol. The fourth-order valence-corrected chi connectivity index (χ4v) is 5.62. The van der Waals surface area contributed by atoms with E-state index in [1.165, 1.54) is 28.3 Å². The summed E-state index contributed by atoms with van der Waals surface area (Å²) in [4.78, 5) is 14.9. The number of Topliss-reactive ketones (excluding diaryl/α,β-unsaturated/α-hetero) is 1. The van der Waals surface area contributed by atoms with Crippen LogP contribution in [0, 0.1) is 5.82 Å². The molecule has 5 nitrogen and oxygen atoms in total. The summed E-state index contributed by atoms with van der Waals surface area (Å²) in [7, 11) is -3.34. The zero-order valence-corrected chi connectivity index (χ0v) is 18.0. The molecule has 0 fully saturated rings. The monoisotopic (exact) mass is 428 g/mol. The minimum absolute atomic E-state index is 0.0295. The third-order valence-electron chi connectivity index (χ3n) is 5.79. The Hall–Kier alpha value is -2.51. The van der Waals surface area contributed by atoms with Crippen molar-refractivity contribution < 1.29 is 17.6 Å². The lowest BCUT2D eigenvalue weighted by molar-refractivity contribution is 0.0937.